The van der Waals surface area contributed by atoms with Crippen LogP contribution in [0.2, 0.25) is 0 Å². The van der Waals surface area contributed by atoms with Crippen molar-refractivity contribution in [2.45, 2.75) is 51.6 Å². The molecule has 0 aliphatic carbocycles. The van der Waals surface area contributed by atoms with Gasteiger partial charge < -0.3 is 15.3 Å². The lowest BCUT2D eigenvalue weighted by Gasteiger charge is -2.30. The average Bonchev–Trinajstić information content (AvgIpc) is 2.87. The van der Waals surface area contributed by atoms with Crippen LogP contribution >= 0.6 is 11.3 Å². The molecule has 0 aromatic carbocycles. The van der Waals surface area contributed by atoms with E-state index >= 15 is 0 Å². The Morgan fingerprint density at radius 2 is 2.33 bits per heavy atom. The van der Waals surface area contributed by atoms with E-state index in [0.29, 0.717) is 13.1 Å². The standard InChI is InChI=1S/C15H25N3O2S/c1-15(2,3)12-10-21-13(17-12)6-7-16-14(20)18-8-4-5-11(19)9-18/h10-11,19H,4-9H2,1-3H3,(H,16,20). The summed E-state index contributed by atoms with van der Waals surface area (Å²) < 4.78 is 0. The highest BCUT2D eigenvalue weighted by Gasteiger charge is 2.22. The number of carbonyl (C=O) groups is 1. The van der Waals surface area contributed by atoms with E-state index in [1.165, 1.54) is 0 Å². The molecule has 2 amide bonds. The van der Waals surface area contributed by atoms with Crippen molar-refractivity contribution in [2.75, 3.05) is 19.6 Å². The third-order valence-electron chi connectivity index (χ3n) is 3.62. The number of hydrogen-bond acceptors (Lipinski definition) is 4. The molecule has 1 aromatic heterocycles. The van der Waals surface area contributed by atoms with Gasteiger partial charge in [-0.1, -0.05) is 20.8 Å². The third kappa shape index (κ3) is 4.68. The highest BCUT2D eigenvalue weighted by atomic mass is 32.1. The van der Waals surface area contributed by atoms with Crippen molar-refractivity contribution >= 4 is 17.4 Å². The maximum Gasteiger partial charge on any atom is 0.317 e. The lowest BCUT2D eigenvalue weighted by atomic mass is 9.93. The van der Waals surface area contributed by atoms with Crippen LogP contribution in [-0.4, -0.2) is 46.8 Å². The minimum absolute atomic E-state index is 0.0714. The predicted molar refractivity (Wildman–Crippen MR) is 84.7 cm³/mol. The summed E-state index contributed by atoms with van der Waals surface area (Å²) in [6.07, 6.45) is 2.04. The van der Waals surface area contributed by atoms with Crippen molar-refractivity contribution in [2.24, 2.45) is 0 Å². The summed E-state index contributed by atoms with van der Waals surface area (Å²) in [5, 5.41) is 15.6. The van der Waals surface area contributed by atoms with Crippen molar-refractivity contribution in [3.8, 4) is 0 Å². The molecule has 1 aliphatic rings. The number of β-amino-alcohol motifs (C(OH)–C–C–N with tert-alkyl or cyclic N) is 1. The fourth-order valence-corrected chi connectivity index (χ4v) is 3.32. The molecule has 2 rings (SSSR count). The quantitative estimate of drug-likeness (QED) is 0.899. The van der Waals surface area contributed by atoms with Crippen LogP contribution in [-0.2, 0) is 11.8 Å². The number of aliphatic hydroxyl groups is 1. The SMILES string of the molecule is CC(C)(C)c1csc(CCNC(=O)N2CCCC(O)C2)n1. The molecule has 0 bridgehead atoms. The zero-order chi connectivity index (χ0) is 15.5. The van der Waals surface area contributed by atoms with E-state index in [-0.39, 0.29) is 17.6 Å². The fourth-order valence-electron chi connectivity index (χ4n) is 2.30. The van der Waals surface area contributed by atoms with Gasteiger partial charge in [0.25, 0.3) is 0 Å². The second-order valence-corrected chi connectivity index (χ2v) is 7.54. The molecule has 0 spiro atoms. The molecular weight excluding hydrogens is 286 g/mol. The van der Waals surface area contributed by atoms with Crippen LogP contribution in [0.15, 0.2) is 5.38 Å². The van der Waals surface area contributed by atoms with Gasteiger partial charge in [-0.2, -0.15) is 0 Å². The monoisotopic (exact) mass is 311 g/mol. The molecule has 1 aliphatic heterocycles. The number of urea groups is 1. The Morgan fingerprint density at radius 3 is 2.95 bits per heavy atom. The summed E-state index contributed by atoms with van der Waals surface area (Å²) in [6, 6.07) is -0.0821. The molecule has 2 heterocycles. The second kappa shape index (κ2) is 6.75. The van der Waals surface area contributed by atoms with Gasteiger partial charge in [0.15, 0.2) is 0 Å². The minimum Gasteiger partial charge on any atom is -0.391 e. The molecule has 1 aromatic rings. The van der Waals surface area contributed by atoms with Gasteiger partial charge in [0.05, 0.1) is 16.8 Å². The Labute approximate surface area is 130 Å². The molecule has 1 atom stereocenters. The summed E-state index contributed by atoms with van der Waals surface area (Å²) in [4.78, 5) is 18.3. The predicted octanol–water partition coefficient (Wildman–Crippen LogP) is 2.15. The number of rotatable bonds is 3. The van der Waals surface area contributed by atoms with Crippen LogP contribution in [0.4, 0.5) is 4.79 Å². The molecule has 0 radical (unpaired) electrons. The zero-order valence-corrected chi connectivity index (χ0v) is 13.9. The first-order chi connectivity index (χ1) is 9.86. The first kappa shape index (κ1) is 16.2. The van der Waals surface area contributed by atoms with Crippen LogP contribution in [0, 0.1) is 0 Å². The van der Waals surface area contributed by atoms with Crippen LogP contribution in [0.25, 0.3) is 0 Å². The van der Waals surface area contributed by atoms with E-state index in [1.807, 2.05) is 0 Å². The van der Waals surface area contributed by atoms with Gasteiger partial charge in [0.2, 0.25) is 0 Å². The number of aliphatic hydroxyl groups excluding tert-OH is 1. The van der Waals surface area contributed by atoms with E-state index in [0.717, 1.165) is 36.5 Å². The van der Waals surface area contributed by atoms with Gasteiger partial charge in [-0.05, 0) is 12.8 Å². The lowest BCUT2D eigenvalue weighted by molar-refractivity contribution is 0.0843. The van der Waals surface area contributed by atoms with Crippen molar-refractivity contribution in [1.82, 2.24) is 15.2 Å². The first-order valence-electron chi connectivity index (χ1n) is 7.52. The van der Waals surface area contributed by atoms with E-state index in [4.69, 9.17) is 0 Å². The van der Waals surface area contributed by atoms with Gasteiger partial charge in [-0.3, -0.25) is 0 Å². The maximum absolute atomic E-state index is 12.0. The summed E-state index contributed by atoms with van der Waals surface area (Å²) in [7, 11) is 0. The van der Waals surface area contributed by atoms with Gasteiger partial charge in [-0.15, -0.1) is 11.3 Å². The van der Waals surface area contributed by atoms with Crippen molar-refractivity contribution < 1.29 is 9.90 Å². The second-order valence-electron chi connectivity index (χ2n) is 6.60. The Balaban J connectivity index is 1.76. The molecule has 21 heavy (non-hydrogen) atoms. The molecule has 118 valence electrons. The van der Waals surface area contributed by atoms with Crippen LogP contribution < -0.4 is 5.32 Å². The molecule has 1 fully saturated rings. The van der Waals surface area contributed by atoms with Crippen LogP contribution in [0.1, 0.15) is 44.3 Å². The molecule has 2 N–H and O–H groups in total. The third-order valence-corrected chi connectivity index (χ3v) is 4.53. The van der Waals surface area contributed by atoms with E-state index in [2.05, 4.69) is 36.5 Å². The van der Waals surface area contributed by atoms with Gasteiger partial charge in [-0.25, -0.2) is 9.78 Å². The summed E-state index contributed by atoms with van der Waals surface area (Å²) in [5.41, 5.74) is 1.18. The molecule has 0 saturated carbocycles. The molecule has 1 saturated heterocycles. The first-order valence-corrected chi connectivity index (χ1v) is 8.40. The van der Waals surface area contributed by atoms with E-state index in [9.17, 15) is 9.90 Å². The molecule has 5 nitrogen and oxygen atoms in total. The average molecular weight is 311 g/mol. The Hall–Kier alpha value is -1.14. The number of likely N-dealkylation sites (tertiary alicyclic amines) is 1. The van der Waals surface area contributed by atoms with Gasteiger partial charge >= 0.3 is 6.03 Å². The Bertz CT molecular complexity index is 482. The van der Waals surface area contributed by atoms with Gasteiger partial charge in [0, 0.05) is 36.9 Å². The van der Waals surface area contributed by atoms with Gasteiger partial charge in [0.1, 0.15) is 0 Å². The smallest absolute Gasteiger partial charge is 0.317 e. The molecular formula is C15H25N3O2S. The van der Waals surface area contributed by atoms with E-state index in [1.54, 1.807) is 16.2 Å². The van der Waals surface area contributed by atoms with Crippen molar-refractivity contribution in [3.05, 3.63) is 16.1 Å². The Morgan fingerprint density at radius 1 is 1.57 bits per heavy atom. The zero-order valence-electron chi connectivity index (χ0n) is 13.1. The van der Waals surface area contributed by atoms with Crippen molar-refractivity contribution in [3.63, 3.8) is 0 Å². The number of aromatic nitrogens is 1. The number of piperidine rings is 1. The molecule has 1 unspecified atom stereocenters. The number of nitrogens with one attached hydrogen (secondary N) is 1. The molecule has 6 heteroatoms. The summed E-state index contributed by atoms with van der Waals surface area (Å²) >= 11 is 1.65. The van der Waals surface area contributed by atoms with Crippen LogP contribution in [0.5, 0.6) is 0 Å². The van der Waals surface area contributed by atoms with E-state index < -0.39 is 0 Å². The van der Waals surface area contributed by atoms with Crippen molar-refractivity contribution in [1.29, 1.82) is 0 Å². The minimum atomic E-state index is -0.377. The normalized spacial score (nSPS) is 19.6. The Kier molecular flexibility index (Phi) is 5.22. The number of carbonyl (C=O) groups excluding carboxylic acids is 1. The highest BCUT2D eigenvalue weighted by molar-refractivity contribution is 7.09. The number of thiazole rings is 1. The summed E-state index contributed by atoms with van der Waals surface area (Å²) in [5.74, 6) is 0. The number of hydrogen-bond donors (Lipinski definition) is 2. The van der Waals surface area contributed by atoms with Crippen LogP contribution in [0.3, 0.4) is 0 Å². The lowest BCUT2D eigenvalue weighted by Crippen LogP contribution is -2.47. The maximum atomic E-state index is 12.0. The summed E-state index contributed by atoms with van der Waals surface area (Å²) in [6.45, 7) is 8.20. The number of amides is 2. The topological polar surface area (TPSA) is 65.5 Å². The highest BCUT2D eigenvalue weighted by Crippen LogP contribution is 2.23. The number of nitrogens with zero attached hydrogens (tertiary/aromatic N) is 2. The fraction of sp³-hybridized carbons (Fsp3) is 0.733. The largest absolute Gasteiger partial charge is 0.391 e.